The van der Waals surface area contributed by atoms with E-state index >= 15 is 0 Å². The van der Waals surface area contributed by atoms with Crippen molar-refractivity contribution in [2.75, 3.05) is 0 Å². The highest BCUT2D eigenvalue weighted by molar-refractivity contribution is 5.77. The molecule has 0 aromatic heterocycles. The third kappa shape index (κ3) is 3.39. The van der Waals surface area contributed by atoms with Gasteiger partial charge in [-0.25, -0.2) is 0 Å². The van der Waals surface area contributed by atoms with Gasteiger partial charge in [0.1, 0.15) is 6.29 Å². The zero-order chi connectivity index (χ0) is 15.2. The van der Waals surface area contributed by atoms with Crippen molar-refractivity contribution in [3.63, 3.8) is 0 Å². The Labute approximate surface area is 130 Å². The molecule has 1 nitrogen and oxygen atoms in total. The van der Waals surface area contributed by atoms with E-state index < -0.39 is 0 Å². The van der Waals surface area contributed by atoms with Gasteiger partial charge in [-0.2, -0.15) is 0 Å². The molecule has 3 rings (SSSR count). The van der Waals surface area contributed by atoms with Gasteiger partial charge in [0.25, 0.3) is 0 Å². The summed E-state index contributed by atoms with van der Waals surface area (Å²) in [6, 6.07) is 26.3. The van der Waals surface area contributed by atoms with Gasteiger partial charge < -0.3 is 0 Å². The molecule has 0 fully saturated rings. The van der Waals surface area contributed by atoms with E-state index in [1.54, 1.807) is 0 Å². The Kier molecular flexibility index (Phi) is 4.26. The quantitative estimate of drug-likeness (QED) is 0.467. The maximum absolute atomic E-state index is 10.7. The minimum Gasteiger partial charge on any atom is -0.298 e. The van der Waals surface area contributed by atoms with Crippen molar-refractivity contribution in [3.05, 3.63) is 95.6 Å². The molecule has 0 aliphatic carbocycles. The first-order valence-corrected chi connectivity index (χ1v) is 7.24. The third-order valence-corrected chi connectivity index (χ3v) is 3.56. The third-order valence-electron chi connectivity index (χ3n) is 3.56. The van der Waals surface area contributed by atoms with Crippen molar-refractivity contribution in [2.24, 2.45) is 0 Å². The first-order chi connectivity index (χ1) is 10.8. The van der Waals surface area contributed by atoms with Crippen LogP contribution in [0, 0.1) is 0 Å². The summed E-state index contributed by atoms with van der Waals surface area (Å²) in [5, 5.41) is 0. The van der Waals surface area contributed by atoms with Crippen LogP contribution in [0.5, 0.6) is 0 Å². The van der Waals surface area contributed by atoms with E-state index in [2.05, 4.69) is 48.6 Å². The summed E-state index contributed by atoms with van der Waals surface area (Å²) in [5.74, 6) is 0. The van der Waals surface area contributed by atoms with Crippen LogP contribution in [0.15, 0.2) is 78.9 Å². The van der Waals surface area contributed by atoms with Gasteiger partial charge in [0.15, 0.2) is 0 Å². The molecule has 106 valence electrons. The minimum absolute atomic E-state index is 0.700. The van der Waals surface area contributed by atoms with Crippen LogP contribution in [0.4, 0.5) is 0 Å². The smallest absolute Gasteiger partial charge is 0.150 e. The molecule has 0 aliphatic heterocycles. The standard InChI is InChI=1S/C21H16O/c22-16-19-10-14-21(15-11-19)20-12-8-18(9-13-20)7-6-17-4-2-1-3-5-17/h1-16H. The summed E-state index contributed by atoms with van der Waals surface area (Å²) in [6.07, 6.45) is 5.07. The van der Waals surface area contributed by atoms with Gasteiger partial charge >= 0.3 is 0 Å². The Morgan fingerprint density at radius 1 is 0.500 bits per heavy atom. The maximum atomic E-state index is 10.7. The molecule has 3 aromatic carbocycles. The molecule has 0 radical (unpaired) electrons. The lowest BCUT2D eigenvalue weighted by molar-refractivity contribution is 0.112. The maximum Gasteiger partial charge on any atom is 0.150 e. The van der Waals surface area contributed by atoms with Crippen LogP contribution in [-0.2, 0) is 0 Å². The Hall–Kier alpha value is -2.93. The second-order valence-corrected chi connectivity index (χ2v) is 5.11. The summed E-state index contributed by atoms with van der Waals surface area (Å²) >= 11 is 0. The van der Waals surface area contributed by atoms with E-state index in [0.29, 0.717) is 5.56 Å². The molecule has 0 heterocycles. The van der Waals surface area contributed by atoms with Crippen molar-refractivity contribution in [1.29, 1.82) is 0 Å². The second kappa shape index (κ2) is 6.68. The van der Waals surface area contributed by atoms with Crippen LogP contribution in [0.3, 0.4) is 0 Å². The molecule has 0 aliphatic rings. The number of benzene rings is 3. The highest BCUT2D eigenvalue weighted by atomic mass is 16.1. The number of aldehydes is 1. The normalized spacial score (nSPS) is 10.7. The zero-order valence-corrected chi connectivity index (χ0v) is 12.1. The predicted molar refractivity (Wildman–Crippen MR) is 92.6 cm³/mol. The van der Waals surface area contributed by atoms with Crippen LogP contribution in [0.25, 0.3) is 23.3 Å². The van der Waals surface area contributed by atoms with Gasteiger partial charge in [0.05, 0.1) is 0 Å². The van der Waals surface area contributed by atoms with Crippen LogP contribution in [0.1, 0.15) is 21.5 Å². The number of carbonyl (C=O) groups excluding carboxylic acids is 1. The van der Waals surface area contributed by atoms with Crippen molar-refractivity contribution < 1.29 is 4.79 Å². The Bertz CT molecular complexity index is 766. The first kappa shape index (κ1) is 14.0. The lowest BCUT2D eigenvalue weighted by atomic mass is 10.0. The van der Waals surface area contributed by atoms with Gasteiger partial charge in [-0.1, -0.05) is 91.0 Å². The van der Waals surface area contributed by atoms with E-state index in [1.807, 2.05) is 42.5 Å². The molecular formula is C21H16O. The fourth-order valence-corrected chi connectivity index (χ4v) is 2.30. The Morgan fingerprint density at radius 2 is 0.955 bits per heavy atom. The zero-order valence-electron chi connectivity index (χ0n) is 12.1. The number of carbonyl (C=O) groups is 1. The lowest BCUT2D eigenvalue weighted by Crippen LogP contribution is -1.81. The second-order valence-electron chi connectivity index (χ2n) is 5.11. The highest BCUT2D eigenvalue weighted by Gasteiger charge is 1.97. The van der Waals surface area contributed by atoms with Crippen LogP contribution >= 0.6 is 0 Å². The first-order valence-electron chi connectivity index (χ1n) is 7.24. The topological polar surface area (TPSA) is 17.1 Å². The fraction of sp³-hybridized carbons (Fsp3) is 0. The van der Waals surface area contributed by atoms with Gasteiger partial charge in [0, 0.05) is 5.56 Å². The van der Waals surface area contributed by atoms with Crippen molar-refractivity contribution in [2.45, 2.75) is 0 Å². The molecule has 0 unspecified atom stereocenters. The molecule has 3 aromatic rings. The molecule has 0 N–H and O–H groups in total. The molecule has 0 spiro atoms. The lowest BCUT2D eigenvalue weighted by Gasteiger charge is -2.03. The van der Waals surface area contributed by atoms with E-state index in [-0.39, 0.29) is 0 Å². The van der Waals surface area contributed by atoms with Gasteiger partial charge in [-0.05, 0) is 22.3 Å². The van der Waals surface area contributed by atoms with E-state index in [4.69, 9.17) is 0 Å². The fourth-order valence-electron chi connectivity index (χ4n) is 2.30. The summed E-state index contributed by atoms with van der Waals surface area (Å²) in [6.45, 7) is 0. The van der Waals surface area contributed by atoms with Gasteiger partial charge in [0.2, 0.25) is 0 Å². The molecule has 1 heteroatoms. The number of rotatable bonds is 4. The summed E-state index contributed by atoms with van der Waals surface area (Å²) in [5.41, 5.74) is 5.32. The molecule has 22 heavy (non-hydrogen) atoms. The van der Waals surface area contributed by atoms with E-state index in [9.17, 15) is 4.79 Å². The molecule has 0 saturated heterocycles. The average molecular weight is 284 g/mol. The molecule has 0 atom stereocenters. The largest absolute Gasteiger partial charge is 0.298 e. The summed E-state index contributed by atoms with van der Waals surface area (Å²) in [4.78, 5) is 10.7. The predicted octanol–water partition coefficient (Wildman–Crippen LogP) is 5.34. The molecule has 0 bridgehead atoms. The SMILES string of the molecule is O=Cc1ccc(-c2ccc(C=Cc3ccccc3)cc2)cc1. The Balaban J connectivity index is 1.77. The van der Waals surface area contributed by atoms with Crippen molar-refractivity contribution in [3.8, 4) is 11.1 Å². The average Bonchev–Trinajstić information content (AvgIpc) is 2.61. The highest BCUT2D eigenvalue weighted by Crippen LogP contribution is 2.20. The van der Waals surface area contributed by atoms with Crippen molar-refractivity contribution >= 4 is 18.4 Å². The number of hydrogen-bond donors (Lipinski definition) is 0. The van der Waals surface area contributed by atoms with Crippen LogP contribution in [-0.4, -0.2) is 6.29 Å². The monoisotopic (exact) mass is 284 g/mol. The molecule has 0 saturated carbocycles. The number of hydrogen-bond acceptors (Lipinski definition) is 1. The van der Waals surface area contributed by atoms with Gasteiger partial charge in [-0.3, -0.25) is 4.79 Å². The molecule has 0 amide bonds. The van der Waals surface area contributed by atoms with E-state index in [1.165, 1.54) is 5.56 Å². The minimum atomic E-state index is 0.700. The van der Waals surface area contributed by atoms with Crippen LogP contribution < -0.4 is 0 Å². The Morgan fingerprint density at radius 3 is 1.45 bits per heavy atom. The van der Waals surface area contributed by atoms with Crippen molar-refractivity contribution in [1.82, 2.24) is 0 Å². The van der Waals surface area contributed by atoms with E-state index in [0.717, 1.165) is 23.0 Å². The molecular weight excluding hydrogens is 268 g/mol. The van der Waals surface area contributed by atoms with Gasteiger partial charge in [-0.15, -0.1) is 0 Å². The van der Waals surface area contributed by atoms with Crippen LogP contribution in [0.2, 0.25) is 0 Å². The summed E-state index contributed by atoms with van der Waals surface area (Å²) < 4.78 is 0. The summed E-state index contributed by atoms with van der Waals surface area (Å²) in [7, 11) is 0.